The molecule has 4 aromatic rings. The van der Waals surface area contributed by atoms with Crippen LogP contribution in [-0.4, -0.2) is 154 Å². The highest BCUT2D eigenvalue weighted by Gasteiger charge is 2.78. The Kier molecular flexibility index (Phi) is 20.3. The molecule has 10 atom stereocenters. The molecule has 9 rings (SSSR count). The molecule has 0 radical (unpaired) electrons. The molecule has 4 aromatic carbocycles. The monoisotopic (exact) mass is 1200 g/mol. The van der Waals surface area contributed by atoms with Crippen molar-refractivity contribution in [2.75, 3.05) is 66.6 Å². The van der Waals surface area contributed by atoms with Crippen LogP contribution in [0.3, 0.4) is 0 Å². The summed E-state index contributed by atoms with van der Waals surface area (Å²) >= 11 is 0. The van der Waals surface area contributed by atoms with Crippen LogP contribution in [0.4, 0.5) is 10.5 Å². The number of primary amides is 1. The third-order valence-electron chi connectivity index (χ3n) is 17.2. The number of amides is 7. The van der Waals surface area contributed by atoms with Crippen LogP contribution in [0, 0.1) is 11.3 Å². The Hall–Kier alpha value is -7.97. The number of rotatable bonds is 28. The van der Waals surface area contributed by atoms with Crippen molar-refractivity contribution in [3.63, 3.8) is 0 Å². The van der Waals surface area contributed by atoms with E-state index >= 15 is 0 Å². The summed E-state index contributed by atoms with van der Waals surface area (Å²) in [5, 5.41) is 47.8. The number of nitrogens with zero attached hydrogens (tertiary/aromatic N) is 1. The van der Waals surface area contributed by atoms with Crippen LogP contribution in [-0.2, 0) is 70.1 Å². The highest BCUT2D eigenvalue weighted by Crippen LogP contribution is 2.70. The third kappa shape index (κ3) is 13.0. The molecule has 2 aliphatic carbocycles. The lowest BCUT2D eigenvalue weighted by molar-refractivity contribution is -0.265. The van der Waals surface area contributed by atoms with Gasteiger partial charge in [-0.3, -0.25) is 33.7 Å². The zero-order valence-electron chi connectivity index (χ0n) is 49.0. The van der Waals surface area contributed by atoms with Gasteiger partial charge in [0.2, 0.25) is 17.7 Å². The molecule has 1 saturated heterocycles. The number of nitrogens with one attached hydrogen (secondary N) is 4. The van der Waals surface area contributed by atoms with E-state index < -0.39 is 95.1 Å². The molecule has 3 aliphatic heterocycles. The lowest BCUT2D eigenvalue weighted by atomic mass is 9.67. The first-order valence-corrected chi connectivity index (χ1v) is 29.2. The predicted octanol–water partition coefficient (Wildman–Crippen LogP) is 3.78. The van der Waals surface area contributed by atoms with Gasteiger partial charge < -0.3 is 80.2 Å². The second-order valence-electron chi connectivity index (χ2n) is 22.3. The molecule has 24 heteroatoms. The number of ether oxygens (including phenoxy) is 8. The van der Waals surface area contributed by atoms with Gasteiger partial charge in [-0.05, 0) is 104 Å². The SMILES string of the molecule is COC(=O)[C@H]1[C@@H](O)[C@@]2(O)c3c(OC)cc(C[C@@H]4OC(CCOC(O)c5ccc(NC(=O)[C@H](CCCNC(N)=O)NC(=O)C6(C(=O)NCCCCCN7C(=O)C=CC7=O)CCC6)cc5)CO[C@H]4OC)cc3O[C@@]2(c2ccc(OC)cc2)[C@@H]1c1ccccc1. The Morgan fingerprint density at radius 2 is 1.55 bits per heavy atom. The van der Waals surface area contributed by atoms with Gasteiger partial charge >= 0.3 is 12.0 Å². The molecule has 3 heterocycles. The lowest BCUT2D eigenvalue weighted by Crippen LogP contribution is -2.58. The number of methoxy groups -OCH3 is 4. The van der Waals surface area contributed by atoms with E-state index in [4.69, 9.17) is 43.6 Å². The van der Waals surface area contributed by atoms with E-state index in [1.54, 1.807) is 72.8 Å². The number of urea groups is 1. The Balaban J connectivity index is 0.811. The zero-order valence-corrected chi connectivity index (χ0v) is 49.0. The van der Waals surface area contributed by atoms with E-state index in [-0.39, 0.29) is 93.8 Å². The molecule has 7 amide bonds. The Labute approximate surface area is 503 Å². The fourth-order valence-corrected chi connectivity index (χ4v) is 12.5. The molecular weight excluding hydrogens is 1130 g/mol. The van der Waals surface area contributed by atoms with Gasteiger partial charge in [0.05, 0.1) is 52.1 Å². The van der Waals surface area contributed by atoms with E-state index in [0.29, 0.717) is 65.8 Å². The summed E-state index contributed by atoms with van der Waals surface area (Å²) in [7, 11) is 5.70. The van der Waals surface area contributed by atoms with Gasteiger partial charge in [0.25, 0.3) is 11.8 Å². The summed E-state index contributed by atoms with van der Waals surface area (Å²) < 4.78 is 48.1. The molecular formula is C63H76N6O18. The minimum Gasteiger partial charge on any atom is -0.497 e. The Bertz CT molecular complexity index is 3140. The number of nitrogens with two attached hydrogens (primary N) is 1. The quantitative estimate of drug-likeness (QED) is 0.0132. The summed E-state index contributed by atoms with van der Waals surface area (Å²) in [6.07, 6.45) is 1.14. The molecule has 0 aromatic heterocycles. The summed E-state index contributed by atoms with van der Waals surface area (Å²) in [4.78, 5) is 91.2. The maximum Gasteiger partial charge on any atom is 0.312 e. The normalized spacial score (nSPS) is 24.8. The summed E-state index contributed by atoms with van der Waals surface area (Å²) in [5.74, 6) is -4.40. The molecule has 0 bridgehead atoms. The lowest BCUT2D eigenvalue weighted by Gasteiger charge is -2.40. The van der Waals surface area contributed by atoms with Crippen LogP contribution >= 0.6 is 0 Å². The second-order valence-corrected chi connectivity index (χ2v) is 22.3. The van der Waals surface area contributed by atoms with Gasteiger partial charge in [-0.2, -0.15) is 0 Å². The van der Waals surface area contributed by atoms with Crippen molar-refractivity contribution in [2.24, 2.45) is 17.1 Å². The van der Waals surface area contributed by atoms with Gasteiger partial charge in [-0.15, -0.1) is 0 Å². The van der Waals surface area contributed by atoms with Crippen LogP contribution in [0.25, 0.3) is 0 Å². The van der Waals surface area contributed by atoms with E-state index in [9.17, 15) is 48.9 Å². The standard InChI is InChI=1S/C63H76N6O18/c1-80-42-22-18-40(19-23-42)63-51(38-13-7-5-8-14-38)50(56(75)82-3)53(72)62(63,79)52-45(81-2)33-37(34-46(52)87-63)35-47-57(83-4)85-36-43(86-47)26-32-84-55(74)39-16-20-41(21-17-39)67-54(73)44(15-11-30-66-60(64)78)68-59(77)61(27-12-28-61)58(76)65-29-9-6-10-31-69-48(70)24-25-49(69)71/h5,7-8,13-14,16-25,33-34,43-44,47,50-51,53,55,57,72,74,79H,6,9-12,15,26-32,35-36H2,1-4H3,(H,65,76)(H,67,73)(H,68,77)(H3,64,66,78)/t43?,44-,47-,50+,51+,53+,55?,57+,62-,63-/m0/s1. The first kappa shape index (κ1) is 63.5. The number of aliphatic hydroxyl groups excluding tert-OH is 2. The number of anilines is 1. The number of aliphatic hydroxyl groups is 3. The average molecular weight is 1210 g/mol. The number of hydrogen-bond acceptors (Lipinski definition) is 18. The second kappa shape index (κ2) is 27.8. The number of benzene rings is 4. The summed E-state index contributed by atoms with van der Waals surface area (Å²) in [6.45, 7) is 0.854. The van der Waals surface area contributed by atoms with Gasteiger partial charge in [0, 0.05) is 62.5 Å². The Morgan fingerprint density at radius 1 is 0.839 bits per heavy atom. The number of imide groups is 1. The van der Waals surface area contributed by atoms with Gasteiger partial charge in [-0.1, -0.05) is 61.0 Å². The molecule has 2 unspecified atom stereocenters. The van der Waals surface area contributed by atoms with Gasteiger partial charge in [0.15, 0.2) is 23.8 Å². The number of hydrogen-bond donors (Lipinski definition) is 8. The first-order valence-electron chi connectivity index (χ1n) is 29.2. The van der Waals surface area contributed by atoms with Gasteiger partial charge in [-0.25, -0.2) is 4.79 Å². The fraction of sp³-hybridized carbons (Fsp3) is 0.476. The van der Waals surface area contributed by atoms with Gasteiger partial charge in [0.1, 0.15) is 40.9 Å². The topological polar surface area (TPSA) is 331 Å². The van der Waals surface area contributed by atoms with Crippen LogP contribution in [0.5, 0.6) is 17.2 Å². The van der Waals surface area contributed by atoms with Crippen molar-refractivity contribution < 1.29 is 86.8 Å². The smallest absolute Gasteiger partial charge is 0.312 e. The number of carbonyl (C=O) groups excluding carboxylic acids is 7. The number of unbranched alkanes of at least 4 members (excludes halogenated alkanes) is 2. The fourth-order valence-electron chi connectivity index (χ4n) is 12.5. The Morgan fingerprint density at radius 3 is 2.20 bits per heavy atom. The highest BCUT2D eigenvalue weighted by atomic mass is 16.7. The maximum absolute atomic E-state index is 13.9. The molecule has 3 fully saturated rings. The van der Waals surface area contributed by atoms with E-state index in [2.05, 4.69) is 21.3 Å². The van der Waals surface area contributed by atoms with Crippen molar-refractivity contribution in [1.82, 2.24) is 20.9 Å². The molecule has 0 spiro atoms. The minimum atomic E-state index is -2.26. The van der Waals surface area contributed by atoms with E-state index in [1.807, 2.05) is 18.2 Å². The number of fused-ring (bicyclic) bond motifs is 3. The average Bonchev–Trinajstić information content (AvgIpc) is 1.50. The predicted molar refractivity (Wildman–Crippen MR) is 310 cm³/mol. The molecule has 24 nitrogen and oxygen atoms in total. The summed E-state index contributed by atoms with van der Waals surface area (Å²) in [6, 6.07) is 23.8. The van der Waals surface area contributed by atoms with Crippen molar-refractivity contribution >= 4 is 47.2 Å². The van der Waals surface area contributed by atoms with Crippen molar-refractivity contribution in [1.29, 1.82) is 0 Å². The van der Waals surface area contributed by atoms with Crippen LogP contribution in [0.2, 0.25) is 0 Å². The molecule has 466 valence electrons. The van der Waals surface area contributed by atoms with Crippen LogP contribution < -0.4 is 41.2 Å². The first-order chi connectivity index (χ1) is 41.9. The maximum atomic E-state index is 13.9. The van der Waals surface area contributed by atoms with E-state index in [1.165, 1.54) is 40.6 Å². The molecule has 9 N–H and O–H groups in total. The van der Waals surface area contributed by atoms with E-state index in [0.717, 1.165) is 4.90 Å². The number of esters is 1. The highest BCUT2D eigenvalue weighted by molar-refractivity contribution is 6.13. The zero-order chi connectivity index (χ0) is 62.0. The third-order valence-corrected chi connectivity index (χ3v) is 17.2. The molecule has 5 aliphatic rings. The van der Waals surface area contributed by atoms with Crippen molar-refractivity contribution in [3.05, 3.63) is 131 Å². The number of carbonyl (C=O) groups is 7. The minimum absolute atomic E-state index is 0.0385. The summed E-state index contributed by atoms with van der Waals surface area (Å²) in [5.41, 5.74) is 2.38. The molecule has 87 heavy (non-hydrogen) atoms. The molecule has 2 saturated carbocycles. The van der Waals surface area contributed by atoms with Crippen LogP contribution in [0.1, 0.15) is 97.8 Å². The van der Waals surface area contributed by atoms with Crippen molar-refractivity contribution in [3.8, 4) is 17.2 Å². The largest absolute Gasteiger partial charge is 0.497 e. The van der Waals surface area contributed by atoms with Crippen molar-refractivity contribution in [2.45, 2.75) is 118 Å². The van der Waals surface area contributed by atoms with Crippen LogP contribution in [0.15, 0.2) is 103 Å².